The van der Waals surface area contributed by atoms with E-state index in [1.165, 1.54) is 80.9 Å². The van der Waals surface area contributed by atoms with Gasteiger partial charge in [-0.05, 0) is 66.0 Å². The molecule has 0 amide bonds. The summed E-state index contributed by atoms with van der Waals surface area (Å²) < 4.78 is 6.03. The van der Waals surface area contributed by atoms with E-state index < -0.39 is 0 Å². The van der Waals surface area contributed by atoms with Crippen LogP contribution in [0.25, 0.3) is 11.1 Å². The van der Waals surface area contributed by atoms with Crippen molar-refractivity contribution >= 4 is 5.90 Å². The van der Waals surface area contributed by atoms with E-state index in [0.29, 0.717) is 6.73 Å². The van der Waals surface area contributed by atoms with Gasteiger partial charge in [-0.25, -0.2) is 0 Å². The average molecular weight is 489 g/mol. The van der Waals surface area contributed by atoms with Crippen LogP contribution in [0.3, 0.4) is 0 Å². The number of nitrogens with zero attached hydrogens (tertiary/aromatic N) is 2. The fraction of sp³-hybridized carbons (Fsp3) is 0.606. The number of benzene rings is 2. The van der Waals surface area contributed by atoms with Crippen LogP contribution in [-0.4, -0.2) is 24.2 Å². The van der Waals surface area contributed by atoms with Crippen LogP contribution in [0.5, 0.6) is 0 Å². The standard InChI is InChI=1S/C33H48N2O/c1-6-11-15-25(8-3)22-33(23-26(9-4)16-12-7-2)30-18-14-13-17-28(30)29-20-19-27(21-31(29)33)32-34-35(10-5)24-36-32/h13-14,17-21,25-26H,6-12,15-16,22-24H2,1-5H3. The lowest BCUT2D eigenvalue weighted by Crippen LogP contribution is -2.31. The third-order valence-corrected chi connectivity index (χ3v) is 8.82. The van der Waals surface area contributed by atoms with E-state index in [-0.39, 0.29) is 5.41 Å². The van der Waals surface area contributed by atoms with Crippen LogP contribution < -0.4 is 0 Å². The second kappa shape index (κ2) is 12.3. The Labute approximate surface area is 220 Å². The zero-order chi connectivity index (χ0) is 25.5. The van der Waals surface area contributed by atoms with Crippen LogP contribution in [0, 0.1) is 11.8 Å². The van der Waals surface area contributed by atoms with Crippen LogP contribution in [0.1, 0.15) is 116 Å². The monoisotopic (exact) mass is 488 g/mol. The van der Waals surface area contributed by atoms with Gasteiger partial charge in [-0.15, -0.1) is 5.10 Å². The zero-order valence-electron chi connectivity index (χ0n) is 23.5. The van der Waals surface area contributed by atoms with Gasteiger partial charge in [0.1, 0.15) is 0 Å². The summed E-state index contributed by atoms with van der Waals surface area (Å²) in [6, 6.07) is 16.3. The fourth-order valence-corrected chi connectivity index (χ4v) is 6.61. The number of rotatable bonds is 14. The Morgan fingerprint density at radius 3 is 2.06 bits per heavy atom. The maximum absolute atomic E-state index is 6.03. The van der Waals surface area contributed by atoms with E-state index in [1.807, 2.05) is 5.01 Å². The van der Waals surface area contributed by atoms with E-state index in [4.69, 9.17) is 9.84 Å². The van der Waals surface area contributed by atoms with Gasteiger partial charge in [0.05, 0.1) is 0 Å². The zero-order valence-corrected chi connectivity index (χ0v) is 23.5. The highest BCUT2D eigenvalue weighted by molar-refractivity contribution is 5.96. The first-order chi connectivity index (χ1) is 17.6. The molecule has 36 heavy (non-hydrogen) atoms. The largest absolute Gasteiger partial charge is 0.453 e. The van der Waals surface area contributed by atoms with Crippen molar-refractivity contribution in [3.8, 4) is 11.1 Å². The molecule has 0 fully saturated rings. The molecule has 1 aliphatic heterocycles. The summed E-state index contributed by atoms with van der Waals surface area (Å²) in [4.78, 5) is 0. The summed E-state index contributed by atoms with van der Waals surface area (Å²) in [5.74, 6) is 2.26. The Balaban J connectivity index is 1.84. The molecule has 0 saturated heterocycles. The molecule has 0 N–H and O–H groups in total. The lowest BCUT2D eigenvalue weighted by atomic mass is 9.65. The quantitative estimate of drug-likeness (QED) is 0.265. The predicted molar refractivity (Wildman–Crippen MR) is 153 cm³/mol. The second-order valence-corrected chi connectivity index (χ2v) is 11.1. The van der Waals surface area contributed by atoms with E-state index in [0.717, 1.165) is 29.8 Å². The highest BCUT2D eigenvalue weighted by Crippen LogP contribution is 2.56. The van der Waals surface area contributed by atoms with Gasteiger partial charge in [-0.1, -0.05) is 109 Å². The van der Waals surface area contributed by atoms with Crippen LogP contribution >= 0.6 is 0 Å². The van der Waals surface area contributed by atoms with Crippen LogP contribution in [-0.2, 0) is 10.2 Å². The summed E-state index contributed by atoms with van der Waals surface area (Å²) in [5.41, 5.74) is 7.15. The average Bonchev–Trinajstić information content (AvgIpc) is 3.50. The Kier molecular flexibility index (Phi) is 9.14. The second-order valence-electron chi connectivity index (χ2n) is 11.1. The van der Waals surface area contributed by atoms with Gasteiger partial charge < -0.3 is 4.74 Å². The number of hydrogen-bond donors (Lipinski definition) is 0. The molecule has 3 heteroatoms. The Morgan fingerprint density at radius 1 is 0.833 bits per heavy atom. The molecule has 0 bridgehead atoms. The molecule has 2 aliphatic rings. The fourth-order valence-electron chi connectivity index (χ4n) is 6.61. The molecule has 4 rings (SSSR count). The Morgan fingerprint density at radius 2 is 1.47 bits per heavy atom. The molecule has 2 aromatic carbocycles. The molecule has 2 unspecified atom stereocenters. The van der Waals surface area contributed by atoms with Crippen molar-refractivity contribution in [3.63, 3.8) is 0 Å². The van der Waals surface area contributed by atoms with Gasteiger partial charge >= 0.3 is 0 Å². The highest BCUT2D eigenvalue weighted by Gasteiger charge is 2.45. The minimum absolute atomic E-state index is 0.0639. The molecule has 0 saturated carbocycles. The molecule has 1 aliphatic carbocycles. The molecule has 3 nitrogen and oxygen atoms in total. The van der Waals surface area contributed by atoms with Crippen LogP contribution in [0.4, 0.5) is 0 Å². The normalized spacial score (nSPS) is 20.0. The lowest BCUT2D eigenvalue weighted by molar-refractivity contribution is 0.176. The summed E-state index contributed by atoms with van der Waals surface area (Å²) in [6.45, 7) is 13.0. The number of hydrazone groups is 1. The first-order valence-corrected chi connectivity index (χ1v) is 14.8. The molecule has 2 atom stereocenters. The molecule has 0 spiro atoms. The highest BCUT2D eigenvalue weighted by atomic mass is 16.5. The first kappa shape index (κ1) is 26.8. The lowest BCUT2D eigenvalue weighted by Gasteiger charge is -2.38. The van der Waals surface area contributed by atoms with Crippen molar-refractivity contribution < 1.29 is 4.74 Å². The predicted octanol–water partition coefficient (Wildman–Crippen LogP) is 9.14. The first-order valence-electron chi connectivity index (χ1n) is 14.8. The maximum atomic E-state index is 6.03. The van der Waals surface area contributed by atoms with Crippen molar-refractivity contribution in [2.45, 2.75) is 104 Å². The molecule has 0 aromatic heterocycles. The topological polar surface area (TPSA) is 24.8 Å². The van der Waals surface area contributed by atoms with Crippen molar-refractivity contribution in [1.82, 2.24) is 5.01 Å². The summed E-state index contributed by atoms with van der Waals surface area (Å²) >= 11 is 0. The van der Waals surface area contributed by atoms with E-state index in [9.17, 15) is 0 Å². The van der Waals surface area contributed by atoms with E-state index in [1.54, 1.807) is 5.56 Å². The van der Waals surface area contributed by atoms with Crippen molar-refractivity contribution in [2.24, 2.45) is 16.9 Å². The van der Waals surface area contributed by atoms with Gasteiger partial charge in [0.25, 0.3) is 0 Å². The van der Waals surface area contributed by atoms with Crippen molar-refractivity contribution in [1.29, 1.82) is 0 Å². The van der Waals surface area contributed by atoms with Gasteiger partial charge in [-0.3, -0.25) is 5.01 Å². The van der Waals surface area contributed by atoms with E-state index in [2.05, 4.69) is 77.1 Å². The maximum Gasteiger partial charge on any atom is 0.240 e. The molecular formula is C33H48N2O. The summed E-state index contributed by atoms with van der Waals surface area (Å²) in [6.07, 6.45) is 12.9. The Hall–Kier alpha value is -2.29. The minimum atomic E-state index is 0.0639. The van der Waals surface area contributed by atoms with Gasteiger partial charge in [-0.2, -0.15) is 0 Å². The molecular weight excluding hydrogens is 440 g/mol. The van der Waals surface area contributed by atoms with Gasteiger partial charge in [0.2, 0.25) is 5.90 Å². The minimum Gasteiger partial charge on any atom is -0.453 e. The smallest absolute Gasteiger partial charge is 0.240 e. The number of fused-ring (bicyclic) bond motifs is 3. The van der Waals surface area contributed by atoms with Crippen LogP contribution in [0.15, 0.2) is 47.6 Å². The van der Waals surface area contributed by atoms with Gasteiger partial charge in [0, 0.05) is 17.5 Å². The van der Waals surface area contributed by atoms with Crippen LogP contribution in [0.2, 0.25) is 0 Å². The SMILES string of the molecule is CCCCC(CC)CC1(CC(CC)CCCC)c2ccccc2-c2ccc(C3=NN(CC)CO3)cc21. The molecule has 1 heterocycles. The Bertz CT molecular complexity index is 1010. The number of ether oxygens (including phenoxy) is 1. The van der Waals surface area contributed by atoms with Crippen molar-refractivity contribution in [3.05, 3.63) is 59.2 Å². The molecule has 196 valence electrons. The summed E-state index contributed by atoms with van der Waals surface area (Å²) in [7, 11) is 0. The number of unbranched alkanes of at least 4 members (excludes halogenated alkanes) is 2. The summed E-state index contributed by atoms with van der Waals surface area (Å²) in [5, 5.41) is 6.76. The van der Waals surface area contributed by atoms with E-state index >= 15 is 0 Å². The van der Waals surface area contributed by atoms with Gasteiger partial charge in [0.15, 0.2) is 6.73 Å². The third kappa shape index (κ3) is 5.36. The third-order valence-electron chi connectivity index (χ3n) is 8.82. The van der Waals surface area contributed by atoms with Crippen molar-refractivity contribution in [2.75, 3.05) is 13.3 Å². The molecule has 2 aromatic rings. The molecule has 0 radical (unpaired) electrons. The number of hydrogen-bond acceptors (Lipinski definition) is 3.